The maximum atomic E-state index is 14.7. The van der Waals surface area contributed by atoms with Crippen LogP contribution in [0.25, 0.3) is 0 Å². The lowest BCUT2D eigenvalue weighted by molar-refractivity contribution is -0.140. The van der Waals surface area contributed by atoms with Crippen LogP contribution in [0.4, 0.5) is 10.1 Å². The maximum absolute atomic E-state index is 14.7. The summed E-state index contributed by atoms with van der Waals surface area (Å²) in [7, 11) is -1.59. The van der Waals surface area contributed by atoms with E-state index in [1.54, 1.807) is 24.3 Å². The number of ether oxygens (including phenoxy) is 3. The Morgan fingerprint density at radius 1 is 0.840 bits per heavy atom. The van der Waals surface area contributed by atoms with Crippen LogP contribution in [0.5, 0.6) is 17.2 Å². The first-order valence-corrected chi connectivity index (χ1v) is 17.6. The van der Waals surface area contributed by atoms with Gasteiger partial charge in [-0.2, -0.15) is 0 Å². The Morgan fingerprint density at radius 2 is 1.48 bits per heavy atom. The molecule has 1 N–H and O–H groups in total. The van der Waals surface area contributed by atoms with E-state index in [2.05, 4.69) is 5.32 Å². The number of halogens is 1. The Labute approximate surface area is 293 Å². The molecule has 0 spiro atoms. The van der Waals surface area contributed by atoms with Gasteiger partial charge in [-0.05, 0) is 87.4 Å². The summed E-state index contributed by atoms with van der Waals surface area (Å²) in [4.78, 5) is 29.9. The molecule has 0 aliphatic heterocycles. The van der Waals surface area contributed by atoms with E-state index in [1.807, 2.05) is 58.0 Å². The van der Waals surface area contributed by atoms with E-state index >= 15 is 0 Å². The fourth-order valence-electron chi connectivity index (χ4n) is 5.30. The summed E-state index contributed by atoms with van der Waals surface area (Å²) in [6.07, 6.45) is 0.140. The molecule has 0 saturated heterocycles. The third-order valence-electron chi connectivity index (χ3n) is 7.69. The zero-order chi connectivity index (χ0) is 36.5. The van der Waals surface area contributed by atoms with Gasteiger partial charge >= 0.3 is 0 Å². The summed E-state index contributed by atoms with van der Waals surface area (Å²) in [5.74, 6) is -0.503. The van der Waals surface area contributed by atoms with Crippen LogP contribution < -0.4 is 23.8 Å². The molecule has 2 amide bonds. The molecule has 1 atom stereocenters. The van der Waals surface area contributed by atoms with Crippen LogP contribution >= 0.6 is 0 Å². The third kappa shape index (κ3) is 9.75. The van der Waals surface area contributed by atoms with Gasteiger partial charge in [0, 0.05) is 24.6 Å². The van der Waals surface area contributed by atoms with E-state index < -0.39 is 45.8 Å². The Bertz CT molecular complexity index is 1850. The summed E-state index contributed by atoms with van der Waals surface area (Å²) in [6, 6.07) is 24.3. The van der Waals surface area contributed by atoms with Crippen molar-refractivity contribution in [1.29, 1.82) is 0 Å². The molecule has 0 heterocycles. The Morgan fingerprint density at radius 3 is 2.06 bits per heavy atom. The van der Waals surface area contributed by atoms with Gasteiger partial charge in [0.1, 0.15) is 24.2 Å². The van der Waals surface area contributed by atoms with Crippen molar-refractivity contribution in [1.82, 2.24) is 10.2 Å². The maximum Gasteiger partial charge on any atom is 0.264 e. The van der Waals surface area contributed by atoms with Crippen LogP contribution in [0.3, 0.4) is 0 Å². The molecule has 10 nitrogen and oxygen atoms in total. The smallest absolute Gasteiger partial charge is 0.264 e. The van der Waals surface area contributed by atoms with Crippen LogP contribution in [-0.4, -0.2) is 64.1 Å². The van der Waals surface area contributed by atoms with Crippen molar-refractivity contribution in [3.63, 3.8) is 0 Å². The molecular weight excluding hydrogens is 661 g/mol. The van der Waals surface area contributed by atoms with Crippen LogP contribution in [0.1, 0.15) is 38.8 Å². The minimum Gasteiger partial charge on any atom is -0.494 e. The molecule has 0 aliphatic carbocycles. The number of carbonyl (C=O) groups excluding carboxylic acids is 2. The summed E-state index contributed by atoms with van der Waals surface area (Å²) in [5, 5.41) is 2.99. The second-order valence-corrected chi connectivity index (χ2v) is 14.4. The molecule has 0 unspecified atom stereocenters. The first kappa shape index (κ1) is 37.7. The Kier molecular flexibility index (Phi) is 12.5. The predicted octanol–water partition coefficient (Wildman–Crippen LogP) is 5.99. The Hall–Kier alpha value is -5.10. The second kappa shape index (κ2) is 16.5. The number of methoxy groups -OCH3 is 2. The molecule has 12 heteroatoms. The molecule has 0 bridgehead atoms. The SMILES string of the molecule is CCOc1ccc(N(CC(=O)N(Cc2ccc(F)cc2)[C@H](Cc2ccccc2)C(=O)NC(C)(C)C)S(=O)(=O)c2ccc(OC)c(OC)c2)cc1. The fraction of sp³-hybridized carbons (Fsp3) is 0.316. The molecule has 0 aromatic heterocycles. The van der Waals surface area contributed by atoms with Crippen molar-refractivity contribution in [3.8, 4) is 17.2 Å². The van der Waals surface area contributed by atoms with Crippen molar-refractivity contribution >= 4 is 27.5 Å². The van der Waals surface area contributed by atoms with E-state index in [1.165, 1.54) is 61.6 Å². The van der Waals surface area contributed by atoms with Crippen LogP contribution in [0.2, 0.25) is 0 Å². The minimum absolute atomic E-state index is 0.0955. The fourth-order valence-corrected chi connectivity index (χ4v) is 6.73. The quantitative estimate of drug-likeness (QED) is 0.162. The van der Waals surface area contributed by atoms with E-state index in [9.17, 15) is 22.4 Å². The first-order valence-electron chi connectivity index (χ1n) is 16.1. The minimum atomic E-state index is -4.42. The zero-order valence-corrected chi connectivity index (χ0v) is 30.0. The van der Waals surface area contributed by atoms with Gasteiger partial charge in [-0.25, -0.2) is 12.8 Å². The van der Waals surface area contributed by atoms with E-state index in [4.69, 9.17) is 14.2 Å². The predicted molar refractivity (Wildman–Crippen MR) is 190 cm³/mol. The van der Waals surface area contributed by atoms with Gasteiger partial charge in [-0.1, -0.05) is 42.5 Å². The number of nitrogens with one attached hydrogen (secondary N) is 1. The number of hydrogen-bond acceptors (Lipinski definition) is 7. The summed E-state index contributed by atoms with van der Waals surface area (Å²) in [5.41, 5.74) is 0.899. The molecular formula is C38H44FN3O7S. The lowest BCUT2D eigenvalue weighted by Gasteiger charge is -2.35. The largest absolute Gasteiger partial charge is 0.494 e. The molecule has 0 fully saturated rings. The van der Waals surface area contributed by atoms with Crippen molar-refractivity contribution in [2.75, 3.05) is 31.7 Å². The highest BCUT2D eigenvalue weighted by Crippen LogP contribution is 2.33. The van der Waals surface area contributed by atoms with Crippen molar-refractivity contribution in [3.05, 3.63) is 114 Å². The lowest BCUT2D eigenvalue weighted by Crippen LogP contribution is -2.56. The van der Waals surface area contributed by atoms with E-state index in [0.717, 1.165) is 9.87 Å². The zero-order valence-electron chi connectivity index (χ0n) is 29.2. The summed E-state index contributed by atoms with van der Waals surface area (Å²) < 4.78 is 60.1. The van der Waals surface area contributed by atoms with Crippen molar-refractivity contribution < 1.29 is 36.6 Å². The molecule has 0 aliphatic rings. The monoisotopic (exact) mass is 705 g/mol. The van der Waals surface area contributed by atoms with Crippen LogP contribution in [-0.2, 0) is 32.6 Å². The van der Waals surface area contributed by atoms with Crippen molar-refractivity contribution in [2.24, 2.45) is 0 Å². The van der Waals surface area contributed by atoms with Gasteiger partial charge in [0.15, 0.2) is 11.5 Å². The number of rotatable bonds is 15. The first-order chi connectivity index (χ1) is 23.7. The van der Waals surface area contributed by atoms with Crippen LogP contribution in [0, 0.1) is 5.82 Å². The highest BCUT2D eigenvalue weighted by molar-refractivity contribution is 7.92. The van der Waals surface area contributed by atoms with E-state index in [-0.39, 0.29) is 29.3 Å². The Balaban J connectivity index is 1.84. The molecule has 0 radical (unpaired) electrons. The number of hydrogen-bond donors (Lipinski definition) is 1. The number of nitrogens with zero attached hydrogens (tertiary/aromatic N) is 2. The number of amides is 2. The summed E-state index contributed by atoms with van der Waals surface area (Å²) in [6.45, 7) is 6.97. The molecule has 0 saturated carbocycles. The van der Waals surface area contributed by atoms with Gasteiger partial charge in [0.25, 0.3) is 10.0 Å². The summed E-state index contributed by atoms with van der Waals surface area (Å²) >= 11 is 0. The van der Waals surface area contributed by atoms with Gasteiger partial charge in [-0.15, -0.1) is 0 Å². The van der Waals surface area contributed by atoms with E-state index in [0.29, 0.717) is 23.7 Å². The molecule has 266 valence electrons. The third-order valence-corrected chi connectivity index (χ3v) is 9.46. The number of carbonyl (C=O) groups is 2. The molecule has 4 aromatic carbocycles. The van der Waals surface area contributed by atoms with Crippen molar-refractivity contribution in [2.45, 2.75) is 57.1 Å². The molecule has 4 rings (SSSR count). The highest BCUT2D eigenvalue weighted by atomic mass is 32.2. The number of anilines is 1. The topological polar surface area (TPSA) is 114 Å². The van der Waals surface area contributed by atoms with Gasteiger partial charge < -0.3 is 24.4 Å². The van der Waals surface area contributed by atoms with Gasteiger partial charge in [0.2, 0.25) is 11.8 Å². The molecule has 50 heavy (non-hydrogen) atoms. The lowest BCUT2D eigenvalue weighted by atomic mass is 10.0. The number of benzene rings is 4. The van der Waals surface area contributed by atoms with Gasteiger partial charge in [0.05, 0.1) is 31.4 Å². The second-order valence-electron chi connectivity index (χ2n) is 12.5. The van der Waals surface area contributed by atoms with Crippen LogP contribution in [0.15, 0.2) is 102 Å². The normalized spacial score (nSPS) is 12.1. The average molecular weight is 706 g/mol. The number of sulfonamides is 1. The van der Waals surface area contributed by atoms with Gasteiger partial charge in [-0.3, -0.25) is 13.9 Å². The standard InChI is InChI=1S/C38H44FN3O7S/c1-7-49-31-19-17-30(18-20-31)42(50(45,46)32-21-22-34(47-5)35(24-32)48-6)26-36(43)41(25-28-13-15-29(39)16-14-28)33(37(44)40-38(2,3)4)23-27-11-9-8-10-12-27/h8-22,24,33H,7,23,25-26H2,1-6H3,(H,40,44)/t33-/m1/s1. The highest BCUT2D eigenvalue weighted by Gasteiger charge is 2.36. The average Bonchev–Trinajstić information content (AvgIpc) is 3.09. The molecule has 4 aromatic rings.